The van der Waals surface area contributed by atoms with Crippen molar-refractivity contribution in [2.24, 2.45) is 5.73 Å². The summed E-state index contributed by atoms with van der Waals surface area (Å²) in [7, 11) is 0. The van der Waals surface area contributed by atoms with Crippen LogP contribution in [0.4, 0.5) is 13.2 Å². The number of benzene rings is 1. The maximum absolute atomic E-state index is 13.0. The van der Waals surface area contributed by atoms with E-state index in [4.69, 9.17) is 5.73 Å². The predicted molar refractivity (Wildman–Crippen MR) is 63.2 cm³/mol. The van der Waals surface area contributed by atoms with Crippen molar-refractivity contribution < 1.29 is 13.2 Å². The second-order valence-electron chi connectivity index (χ2n) is 4.12. The highest BCUT2D eigenvalue weighted by molar-refractivity contribution is 5.22. The molecule has 2 aromatic rings. The molecule has 1 aromatic carbocycles. The molecule has 0 bridgehead atoms. The first-order chi connectivity index (χ1) is 8.95. The Balaban J connectivity index is 2.49. The number of halogens is 3. The number of nitrogens with zero attached hydrogens (tertiary/aromatic N) is 3. The third-order valence-corrected chi connectivity index (χ3v) is 2.87. The Bertz CT molecular complexity index is 548. The van der Waals surface area contributed by atoms with E-state index in [0.29, 0.717) is 0 Å². The van der Waals surface area contributed by atoms with Gasteiger partial charge in [-0.15, -0.1) is 5.10 Å². The number of aromatic nitrogens is 3. The average Bonchev–Trinajstić information content (AvgIpc) is 2.82. The first kappa shape index (κ1) is 13.5. The smallest absolute Gasteiger partial charge is 0.325 e. The van der Waals surface area contributed by atoms with Gasteiger partial charge in [0, 0.05) is 6.54 Å². The first-order valence-corrected chi connectivity index (χ1v) is 5.71. The Kier molecular flexibility index (Phi) is 3.57. The number of hydrogen-bond donors (Lipinski definition) is 1. The molecule has 0 spiro atoms. The van der Waals surface area contributed by atoms with Gasteiger partial charge in [-0.25, -0.2) is 4.68 Å². The fourth-order valence-electron chi connectivity index (χ4n) is 1.90. The van der Waals surface area contributed by atoms with Crippen LogP contribution >= 0.6 is 0 Å². The molecule has 2 N–H and O–H groups in total. The van der Waals surface area contributed by atoms with Crippen molar-refractivity contribution in [1.29, 1.82) is 0 Å². The summed E-state index contributed by atoms with van der Waals surface area (Å²) in [4.78, 5) is 0. The van der Waals surface area contributed by atoms with E-state index < -0.39 is 17.9 Å². The van der Waals surface area contributed by atoms with Crippen LogP contribution in [0.2, 0.25) is 0 Å². The normalized spacial score (nSPS) is 13.5. The SMILES string of the molecule is CC(c1ccccc1)n1nnc(CN)c1C(F)(F)F. The van der Waals surface area contributed by atoms with Crippen LogP contribution in [0.15, 0.2) is 30.3 Å². The van der Waals surface area contributed by atoms with Crippen molar-refractivity contribution in [2.75, 3.05) is 0 Å². The number of rotatable bonds is 3. The van der Waals surface area contributed by atoms with Gasteiger partial charge in [0.15, 0.2) is 5.69 Å². The summed E-state index contributed by atoms with van der Waals surface area (Å²) in [6.45, 7) is 1.34. The van der Waals surface area contributed by atoms with E-state index in [1.54, 1.807) is 37.3 Å². The lowest BCUT2D eigenvalue weighted by atomic mass is 10.1. The van der Waals surface area contributed by atoms with Gasteiger partial charge in [0.1, 0.15) is 5.69 Å². The molecule has 1 aromatic heterocycles. The number of nitrogens with two attached hydrogens (primary N) is 1. The minimum Gasteiger partial charge on any atom is -0.325 e. The molecule has 2 rings (SSSR count). The monoisotopic (exact) mass is 270 g/mol. The fourth-order valence-corrected chi connectivity index (χ4v) is 1.90. The summed E-state index contributed by atoms with van der Waals surface area (Å²) in [5, 5.41) is 7.11. The highest BCUT2D eigenvalue weighted by Crippen LogP contribution is 2.33. The Labute approximate surface area is 108 Å². The second-order valence-corrected chi connectivity index (χ2v) is 4.12. The number of alkyl halides is 3. The van der Waals surface area contributed by atoms with Gasteiger partial charge in [0.25, 0.3) is 0 Å². The Morgan fingerprint density at radius 3 is 2.42 bits per heavy atom. The van der Waals surface area contributed by atoms with E-state index in [1.807, 2.05) is 0 Å². The minimum atomic E-state index is -4.53. The van der Waals surface area contributed by atoms with Gasteiger partial charge >= 0.3 is 6.18 Å². The Morgan fingerprint density at radius 1 is 1.26 bits per heavy atom. The summed E-state index contributed by atoms with van der Waals surface area (Å²) in [5.41, 5.74) is 4.88. The molecule has 102 valence electrons. The van der Waals surface area contributed by atoms with Gasteiger partial charge in [0.05, 0.1) is 6.04 Å². The maximum atomic E-state index is 13.0. The van der Waals surface area contributed by atoms with E-state index in [-0.39, 0.29) is 12.2 Å². The van der Waals surface area contributed by atoms with Crippen molar-refractivity contribution in [3.8, 4) is 0 Å². The van der Waals surface area contributed by atoms with Gasteiger partial charge in [-0.2, -0.15) is 13.2 Å². The zero-order valence-corrected chi connectivity index (χ0v) is 10.2. The van der Waals surface area contributed by atoms with Gasteiger partial charge in [-0.1, -0.05) is 35.5 Å². The van der Waals surface area contributed by atoms with Gasteiger partial charge in [-0.05, 0) is 12.5 Å². The van der Waals surface area contributed by atoms with E-state index in [1.165, 1.54) is 0 Å². The van der Waals surface area contributed by atoms with Gasteiger partial charge in [0.2, 0.25) is 0 Å². The van der Waals surface area contributed by atoms with E-state index >= 15 is 0 Å². The zero-order chi connectivity index (χ0) is 14.0. The molecule has 0 fully saturated rings. The topological polar surface area (TPSA) is 56.7 Å². The summed E-state index contributed by atoms with van der Waals surface area (Å²) in [5.74, 6) is 0. The van der Waals surface area contributed by atoms with Gasteiger partial charge in [-0.3, -0.25) is 0 Å². The summed E-state index contributed by atoms with van der Waals surface area (Å²) in [6.07, 6.45) is -4.53. The maximum Gasteiger partial charge on any atom is 0.435 e. The first-order valence-electron chi connectivity index (χ1n) is 5.71. The highest BCUT2D eigenvalue weighted by atomic mass is 19.4. The average molecular weight is 270 g/mol. The molecule has 0 saturated heterocycles. The van der Waals surface area contributed by atoms with Crippen LogP contribution in [0.25, 0.3) is 0 Å². The van der Waals surface area contributed by atoms with Gasteiger partial charge < -0.3 is 5.73 Å². The molecule has 0 aliphatic heterocycles. The predicted octanol–water partition coefficient (Wildman–Crippen LogP) is 2.36. The quantitative estimate of drug-likeness (QED) is 0.931. The third kappa shape index (κ3) is 2.60. The lowest BCUT2D eigenvalue weighted by molar-refractivity contribution is -0.145. The number of hydrogen-bond acceptors (Lipinski definition) is 3. The Morgan fingerprint density at radius 2 is 1.89 bits per heavy atom. The lowest BCUT2D eigenvalue weighted by Crippen LogP contribution is -2.20. The standard InChI is InChI=1S/C12H13F3N4/c1-8(9-5-3-2-4-6-9)19-11(12(13,14)15)10(7-16)17-18-19/h2-6,8H,7,16H2,1H3. The minimum absolute atomic E-state index is 0.240. The van der Waals surface area contributed by atoms with Crippen LogP contribution in [0.1, 0.15) is 29.9 Å². The second kappa shape index (κ2) is 5.00. The molecule has 0 radical (unpaired) electrons. The zero-order valence-electron chi connectivity index (χ0n) is 10.2. The summed E-state index contributed by atoms with van der Waals surface area (Å²) in [6, 6.07) is 8.25. The molecule has 19 heavy (non-hydrogen) atoms. The largest absolute Gasteiger partial charge is 0.435 e. The molecule has 4 nitrogen and oxygen atoms in total. The van der Waals surface area contributed by atoms with E-state index in [2.05, 4.69) is 10.3 Å². The van der Waals surface area contributed by atoms with Crippen molar-refractivity contribution in [2.45, 2.75) is 25.7 Å². The molecule has 7 heteroatoms. The molecule has 1 heterocycles. The van der Waals surface area contributed by atoms with E-state index in [0.717, 1.165) is 10.2 Å². The van der Waals surface area contributed by atoms with Crippen LogP contribution in [0, 0.1) is 0 Å². The molecule has 1 unspecified atom stereocenters. The molecular formula is C12H13F3N4. The molecule has 0 aliphatic carbocycles. The lowest BCUT2D eigenvalue weighted by Gasteiger charge is -2.17. The Hall–Kier alpha value is -1.89. The van der Waals surface area contributed by atoms with Crippen molar-refractivity contribution >= 4 is 0 Å². The molecular weight excluding hydrogens is 257 g/mol. The van der Waals surface area contributed by atoms with Crippen LogP contribution in [-0.2, 0) is 12.7 Å². The van der Waals surface area contributed by atoms with Crippen LogP contribution in [0.5, 0.6) is 0 Å². The third-order valence-electron chi connectivity index (χ3n) is 2.87. The highest BCUT2D eigenvalue weighted by Gasteiger charge is 2.40. The summed E-state index contributed by atoms with van der Waals surface area (Å²) < 4.78 is 40.0. The van der Waals surface area contributed by atoms with Crippen molar-refractivity contribution in [3.63, 3.8) is 0 Å². The fraction of sp³-hybridized carbons (Fsp3) is 0.333. The molecule has 0 aliphatic rings. The van der Waals surface area contributed by atoms with Crippen LogP contribution < -0.4 is 5.73 Å². The molecule has 0 saturated carbocycles. The van der Waals surface area contributed by atoms with Crippen LogP contribution in [0.3, 0.4) is 0 Å². The van der Waals surface area contributed by atoms with Crippen molar-refractivity contribution in [1.82, 2.24) is 15.0 Å². The van der Waals surface area contributed by atoms with Crippen LogP contribution in [-0.4, -0.2) is 15.0 Å². The summed E-state index contributed by atoms with van der Waals surface area (Å²) >= 11 is 0. The van der Waals surface area contributed by atoms with Crippen molar-refractivity contribution in [3.05, 3.63) is 47.3 Å². The van der Waals surface area contributed by atoms with E-state index in [9.17, 15) is 13.2 Å². The molecule has 1 atom stereocenters. The molecule has 0 amide bonds.